The molecule has 0 amide bonds. The van der Waals surface area contributed by atoms with E-state index in [1.165, 1.54) is 12.7 Å². The van der Waals surface area contributed by atoms with E-state index in [1.807, 2.05) is 25.1 Å². The lowest BCUT2D eigenvalue weighted by Crippen LogP contribution is -2.26. The first-order valence-corrected chi connectivity index (χ1v) is 10.0. The van der Waals surface area contributed by atoms with Gasteiger partial charge < -0.3 is 0 Å². The van der Waals surface area contributed by atoms with Gasteiger partial charge in [0.1, 0.15) is 0 Å². The summed E-state index contributed by atoms with van der Waals surface area (Å²) in [6.45, 7) is 5.94. The molecule has 0 bridgehead atoms. The highest BCUT2D eigenvalue weighted by molar-refractivity contribution is 7.86. The van der Waals surface area contributed by atoms with Crippen LogP contribution in [-0.4, -0.2) is 33.0 Å². The second kappa shape index (κ2) is 7.28. The molecule has 3 rings (SSSR count). The van der Waals surface area contributed by atoms with Gasteiger partial charge in [-0.2, -0.15) is 8.42 Å². The molecule has 2 aromatic rings. The first-order valence-electron chi connectivity index (χ1n) is 8.60. The third kappa shape index (κ3) is 3.94. The van der Waals surface area contributed by atoms with Crippen LogP contribution in [0.5, 0.6) is 0 Å². The van der Waals surface area contributed by atoms with E-state index in [-0.39, 0.29) is 5.92 Å². The molecule has 0 N–H and O–H groups in total. The third-order valence-corrected chi connectivity index (χ3v) is 6.38. The normalized spacial score (nSPS) is 21.6. The van der Waals surface area contributed by atoms with Gasteiger partial charge in [-0.1, -0.05) is 48.0 Å². The molecule has 1 heterocycles. The Hall–Kier alpha value is -1.69. The number of benzene rings is 2. The van der Waals surface area contributed by atoms with Crippen molar-refractivity contribution >= 4 is 10.1 Å². The molecule has 0 aliphatic carbocycles. The van der Waals surface area contributed by atoms with Crippen molar-refractivity contribution in [2.45, 2.75) is 43.7 Å². The van der Waals surface area contributed by atoms with Crippen LogP contribution in [0.2, 0.25) is 0 Å². The van der Waals surface area contributed by atoms with Crippen molar-refractivity contribution in [1.82, 2.24) is 4.90 Å². The van der Waals surface area contributed by atoms with E-state index in [9.17, 15) is 8.42 Å². The third-order valence-electron chi connectivity index (χ3n) is 5.03. The molecule has 1 unspecified atom stereocenters. The van der Waals surface area contributed by atoms with Gasteiger partial charge in [0.25, 0.3) is 10.1 Å². The molecule has 4 nitrogen and oxygen atoms in total. The molecule has 5 heteroatoms. The first-order chi connectivity index (χ1) is 11.9. The average Bonchev–Trinajstić information content (AvgIpc) is 2.96. The molecule has 25 heavy (non-hydrogen) atoms. The number of hydrogen-bond acceptors (Lipinski definition) is 4. The fraction of sp³-hybridized carbons (Fsp3) is 0.400. The molecule has 0 radical (unpaired) electrons. The standard InChI is InChI=1S/C20H25NO3S/c1-15-9-10-20(25(22,23)24-3)19(11-15)18-12-16(2)21(14-18)13-17-7-5-4-6-8-17/h4-11,16,18H,12-14H2,1-3H3/t16-,18?/m0/s1. The van der Waals surface area contributed by atoms with Gasteiger partial charge >= 0.3 is 0 Å². The number of hydrogen-bond donors (Lipinski definition) is 0. The Morgan fingerprint density at radius 2 is 1.88 bits per heavy atom. The Morgan fingerprint density at radius 1 is 1.16 bits per heavy atom. The number of likely N-dealkylation sites (tertiary alicyclic amines) is 1. The van der Waals surface area contributed by atoms with Gasteiger partial charge in [-0.05, 0) is 43.4 Å². The molecule has 134 valence electrons. The molecule has 1 aliphatic heterocycles. The van der Waals surface area contributed by atoms with E-state index in [0.29, 0.717) is 10.9 Å². The van der Waals surface area contributed by atoms with E-state index in [0.717, 1.165) is 30.6 Å². The van der Waals surface area contributed by atoms with Crippen LogP contribution in [0.3, 0.4) is 0 Å². The van der Waals surface area contributed by atoms with Crippen LogP contribution in [0, 0.1) is 6.92 Å². The van der Waals surface area contributed by atoms with Gasteiger partial charge in [0, 0.05) is 19.1 Å². The fourth-order valence-electron chi connectivity index (χ4n) is 3.67. The van der Waals surface area contributed by atoms with Crippen LogP contribution in [-0.2, 0) is 20.8 Å². The zero-order valence-corrected chi connectivity index (χ0v) is 15.8. The molecule has 2 atom stereocenters. The zero-order chi connectivity index (χ0) is 18.0. The zero-order valence-electron chi connectivity index (χ0n) is 15.0. The van der Waals surface area contributed by atoms with Gasteiger partial charge in [0.15, 0.2) is 0 Å². The predicted octanol–water partition coefficient (Wildman–Crippen LogP) is 3.71. The summed E-state index contributed by atoms with van der Waals surface area (Å²) >= 11 is 0. The van der Waals surface area contributed by atoms with E-state index >= 15 is 0 Å². The Bertz CT molecular complexity index is 833. The van der Waals surface area contributed by atoms with Crippen LogP contribution in [0.15, 0.2) is 53.4 Å². The van der Waals surface area contributed by atoms with Crippen molar-refractivity contribution in [1.29, 1.82) is 0 Å². The highest BCUT2D eigenvalue weighted by atomic mass is 32.2. The van der Waals surface area contributed by atoms with Gasteiger partial charge in [0.2, 0.25) is 0 Å². The van der Waals surface area contributed by atoms with E-state index in [2.05, 4.69) is 36.1 Å². The predicted molar refractivity (Wildman–Crippen MR) is 99.0 cm³/mol. The van der Waals surface area contributed by atoms with Crippen molar-refractivity contribution in [2.24, 2.45) is 0 Å². The second-order valence-corrected chi connectivity index (χ2v) is 8.54. The molecule has 0 aromatic heterocycles. The Morgan fingerprint density at radius 3 is 2.56 bits per heavy atom. The van der Waals surface area contributed by atoms with Crippen molar-refractivity contribution < 1.29 is 12.6 Å². The highest BCUT2D eigenvalue weighted by Crippen LogP contribution is 2.36. The summed E-state index contributed by atoms with van der Waals surface area (Å²) in [7, 11) is -2.48. The number of rotatable bonds is 5. The Labute approximate surface area is 150 Å². The fourth-order valence-corrected chi connectivity index (χ4v) is 4.59. The van der Waals surface area contributed by atoms with Gasteiger partial charge in [0.05, 0.1) is 12.0 Å². The molecular weight excluding hydrogens is 334 g/mol. The van der Waals surface area contributed by atoms with E-state index < -0.39 is 10.1 Å². The minimum Gasteiger partial charge on any atom is -0.296 e. The quantitative estimate of drug-likeness (QED) is 0.764. The van der Waals surface area contributed by atoms with Crippen LogP contribution in [0.1, 0.15) is 36.0 Å². The SMILES string of the molecule is COS(=O)(=O)c1ccc(C)cc1C1C[C@H](C)N(Cc2ccccc2)C1. The molecule has 0 saturated carbocycles. The maximum atomic E-state index is 12.3. The summed E-state index contributed by atoms with van der Waals surface area (Å²) in [5, 5.41) is 0. The molecule has 2 aromatic carbocycles. The van der Waals surface area contributed by atoms with Crippen molar-refractivity contribution in [2.75, 3.05) is 13.7 Å². The van der Waals surface area contributed by atoms with E-state index in [4.69, 9.17) is 4.18 Å². The maximum absolute atomic E-state index is 12.3. The Balaban J connectivity index is 1.87. The van der Waals surface area contributed by atoms with Crippen LogP contribution in [0.25, 0.3) is 0 Å². The van der Waals surface area contributed by atoms with Crippen molar-refractivity contribution in [3.05, 3.63) is 65.2 Å². The van der Waals surface area contributed by atoms with E-state index in [1.54, 1.807) is 6.07 Å². The topological polar surface area (TPSA) is 46.6 Å². The molecule has 0 spiro atoms. The number of aryl methyl sites for hydroxylation is 1. The molecule has 1 fully saturated rings. The lowest BCUT2D eigenvalue weighted by atomic mass is 9.95. The average molecular weight is 359 g/mol. The van der Waals surface area contributed by atoms with Gasteiger partial charge in [-0.3, -0.25) is 9.08 Å². The van der Waals surface area contributed by atoms with Gasteiger partial charge in [-0.25, -0.2) is 0 Å². The summed E-state index contributed by atoms with van der Waals surface area (Å²) in [6.07, 6.45) is 0.947. The highest BCUT2D eigenvalue weighted by Gasteiger charge is 2.33. The minimum absolute atomic E-state index is 0.193. The van der Waals surface area contributed by atoms with Crippen LogP contribution < -0.4 is 0 Å². The second-order valence-electron chi connectivity index (χ2n) is 6.86. The lowest BCUT2D eigenvalue weighted by molar-refractivity contribution is 0.258. The first kappa shape index (κ1) is 18.1. The monoisotopic (exact) mass is 359 g/mol. The van der Waals surface area contributed by atoms with Crippen LogP contribution >= 0.6 is 0 Å². The molecule has 1 aliphatic rings. The molecule has 1 saturated heterocycles. The summed E-state index contributed by atoms with van der Waals surface area (Å²) in [5.74, 6) is 0.193. The number of nitrogens with zero attached hydrogens (tertiary/aromatic N) is 1. The van der Waals surface area contributed by atoms with Gasteiger partial charge in [-0.15, -0.1) is 0 Å². The summed E-state index contributed by atoms with van der Waals surface area (Å²) in [6, 6.07) is 16.3. The Kier molecular flexibility index (Phi) is 5.27. The summed E-state index contributed by atoms with van der Waals surface area (Å²) in [4.78, 5) is 2.73. The largest absolute Gasteiger partial charge is 0.296 e. The van der Waals surface area contributed by atoms with Crippen LogP contribution in [0.4, 0.5) is 0 Å². The minimum atomic E-state index is -3.70. The van der Waals surface area contributed by atoms with Crippen molar-refractivity contribution in [3.8, 4) is 0 Å². The lowest BCUT2D eigenvalue weighted by Gasteiger charge is -2.21. The summed E-state index contributed by atoms with van der Waals surface area (Å²) in [5.41, 5.74) is 3.23. The van der Waals surface area contributed by atoms with Crippen molar-refractivity contribution in [3.63, 3.8) is 0 Å². The summed E-state index contributed by atoms with van der Waals surface area (Å²) < 4.78 is 29.4. The maximum Gasteiger partial charge on any atom is 0.296 e. The smallest absolute Gasteiger partial charge is 0.296 e. The molecular formula is C20H25NO3S.